The molecule has 1 fully saturated rings. The number of aromatic nitrogens is 2. The molecule has 2 atom stereocenters. The number of rotatable bonds is 6. The summed E-state index contributed by atoms with van der Waals surface area (Å²) in [4.78, 5) is 14.7. The van der Waals surface area contributed by atoms with Gasteiger partial charge in [0.05, 0.1) is 5.69 Å². The fraction of sp³-hybridized carbons (Fsp3) is 0.185. The van der Waals surface area contributed by atoms with Gasteiger partial charge in [0.15, 0.2) is 6.23 Å². The molecule has 0 spiro atoms. The number of ether oxygens (including phenoxy) is 1. The lowest BCUT2D eigenvalue weighted by Gasteiger charge is -2.23. The van der Waals surface area contributed by atoms with Gasteiger partial charge in [-0.05, 0) is 79.6 Å². The van der Waals surface area contributed by atoms with E-state index in [4.69, 9.17) is 15.6 Å². The predicted molar refractivity (Wildman–Crippen MR) is 136 cm³/mol. The van der Waals surface area contributed by atoms with Crippen LogP contribution in [0, 0.1) is 11.6 Å². The van der Waals surface area contributed by atoms with Gasteiger partial charge in [0.2, 0.25) is 0 Å². The fourth-order valence-corrected chi connectivity index (χ4v) is 4.54. The Hall–Kier alpha value is -3.56. The van der Waals surface area contributed by atoms with Crippen LogP contribution < -0.4 is 5.73 Å². The van der Waals surface area contributed by atoms with Gasteiger partial charge in [0, 0.05) is 34.0 Å². The number of anilines is 1. The van der Waals surface area contributed by atoms with Gasteiger partial charge >= 0.3 is 0 Å². The Morgan fingerprint density at radius 3 is 2.47 bits per heavy atom. The van der Waals surface area contributed by atoms with E-state index >= 15 is 0 Å². The fourth-order valence-electron chi connectivity index (χ4n) is 4.28. The van der Waals surface area contributed by atoms with Crippen LogP contribution in [0.15, 0.2) is 77.4 Å². The summed E-state index contributed by atoms with van der Waals surface area (Å²) in [6, 6.07) is 18.1. The number of carbonyl (C=O) groups is 1. The van der Waals surface area contributed by atoms with Crippen LogP contribution >= 0.6 is 15.9 Å². The second-order valence-corrected chi connectivity index (χ2v) is 9.54. The average molecular weight is 553 g/mol. The normalized spacial score (nSPS) is 17.7. The Morgan fingerprint density at radius 2 is 1.78 bits per heavy atom. The van der Waals surface area contributed by atoms with Gasteiger partial charge in [0.1, 0.15) is 23.4 Å². The molecular formula is C27H23BrF2N4O2. The zero-order valence-corrected chi connectivity index (χ0v) is 21.0. The van der Waals surface area contributed by atoms with E-state index in [2.05, 4.69) is 15.9 Å². The summed E-state index contributed by atoms with van der Waals surface area (Å²) in [5, 5.41) is 4.77. The zero-order chi connectivity index (χ0) is 25.4. The smallest absolute Gasteiger partial charge is 0.253 e. The number of carbonyl (C=O) groups excluding carboxylic acids is 1. The van der Waals surface area contributed by atoms with E-state index in [1.165, 1.54) is 18.2 Å². The van der Waals surface area contributed by atoms with Crippen molar-refractivity contribution in [2.45, 2.75) is 25.7 Å². The minimum absolute atomic E-state index is 0.197. The maximum absolute atomic E-state index is 14.4. The van der Waals surface area contributed by atoms with Crippen molar-refractivity contribution in [1.29, 1.82) is 0 Å². The first-order chi connectivity index (χ1) is 17.3. The number of nitrogens with zero attached hydrogens (tertiary/aromatic N) is 3. The highest BCUT2D eigenvalue weighted by Gasteiger charge is 2.40. The molecule has 2 N–H and O–H groups in total. The van der Waals surface area contributed by atoms with E-state index in [0.29, 0.717) is 28.1 Å². The van der Waals surface area contributed by atoms with E-state index in [1.54, 1.807) is 40.8 Å². The molecule has 4 aromatic rings. The van der Waals surface area contributed by atoms with Gasteiger partial charge in [-0.3, -0.25) is 4.79 Å². The number of benzene rings is 3. The quantitative estimate of drug-likeness (QED) is 0.313. The number of nitrogens with two attached hydrogens (primary N) is 1. The highest BCUT2D eigenvalue weighted by atomic mass is 79.9. The van der Waals surface area contributed by atoms with Crippen LogP contribution in [0.25, 0.3) is 16.9 Å². The van der Waals surface area contributed by atoms with Crippen molar-refractivity contribution >= 4 is 27.5 Å². The summed E-state index contributed by atoms with van der Waals surface area (Å²) >= 11 is 3.44. The number of amides is 1. The van der Waals surface area contributed by atoms with E-state index in [-0.39, 0.29) is 24.7 Å². The monoisotopic (exact) mass is 552 g/mol. The van der Waals surface area contributed by atoms with Gasteiger partial charge in [-0.15, -0.1) is 0 Å². The maximum atomic E-state index is 14.4. The summed E-state index contributed by atoms with van der Waals surface area (Å²) in [6.45, 7) is 1.93. The number of halogens is 3. The maximum Gasteiger partial charge on any atom is 0.253 e. The minimum Gasteiger partial charge on any atom is -0.399 e. The van der Waals surface area contributed by atoms with E-state index in [9.17, 15) is 13.6 Å². The highest BCUT2D eigenvalue weighted by Crippen LogP contribution is 2.37. The molecule has 0 unspecified atom stereocenters. The Kier molecular flexibility index (Phi) is 6.59. The lowest BCUT2D eigenvalue weighted by atomic mass is 10.1. The molecule has 1 aliphatic heterocycles. The molecule has 2 heterocycles. The second-order valence-electron chi connectivity index (χ2n) is 8.62. The van der Waals surface area contributed by atoms with Crippen LogP contribution in [0.3, 0.4) is 0 Å². The summed E-state index contributed by atoms with van der Waals surface area (Å²) in [7, 11) is 0. The first-order valence-corrected chi connectivity index (χ1v) is 12.2. The van der Waals surface area contributed by atoms with Crippen LogP contribution in [0.1, 0.15) is 24.3 Å². The van der Waals surface area contributed by atoms with Crippen molar-refractivity contribution in [2.75, 3.05) is 12.3 Å². The number of hydrogen-bond acceptors (Lipinski definition) is 4. The standard InChI is InChI=1S/C27H23BrF2N4O2/c1-16-26(35)33(13-12-17-4-9-21(31)14-24(17)30)27(36-16)23-15-34(22-10-5-19(28)6-11-22)32-25(23)18-2-7-20(29)8-3-18/h2-11,14-16,27H,12-13,31H2,1H3/t16-,27-/m1/s1. The molecule has 0 saturated carbocycles. The van der Waals surface area contributed by atoms with Crippen molar-refractivity contribution in [2.24, 2.45) is 0 Å². The van der Waals surface area contributed by atoms with Gasteiger partial charge in [-0.1, -0.05) is 22.0 Å². The van der Waals surface area contributed by atoms with E-state index < -0.39 is 18.1 Å². The van der Waals surface area contributed by atoms with Gasteiger partial charge in [0.25, 0.3) is 5.91 Å². The van der Waals surface area contributed by atoms with Gasteiger partial charge < -0.3 is 15.4 Å². The number of hydrogen-bond donors (Lipinski definition) is 1. The topological polar surface area (TPSA) is 73.4 Å². The van der Waals surface area contributed by atoms with Crippen molar-refractivity contribution in [3.63, 3.8) is 0 Å². The van der Waals surface area contributed by atoms with Crippen LogP contribution in [0.2, 0.25) is 0 Å². The molecule has 6 nitrogen and oxygen atoms in total. The zero-order valence-electron chi connectivity index (χ0n) is 19.4. The van der Waals surface area contributed by atoms with Crippen LogP contribution in [0.5, 0.6) is 0 Å². The van der Waals surface area contributed by atoms with Crippen molar-refractivity contribution < 1.29 is 18.3 Å². The van der Waals surface area contributed by atoms with E-state index in [1.807, 2.05) is 30.5 Å². The van der Waals surface area contributed by atoms with Crippen LogP contribution in [-0.4, -0.2) is 33.2 Å². The second kappa shape index (κ2) is 9.83. The number of nitrogen functional groups attached to an aromatic ring is 1. The molecule has 0 bridgehead atoms. The SMILES string of the molecule is C[C@H]1O[C@H](c2cn(-c3ccc(Br)cc3)nc2-c2ccc(F)cc2)N(CCc2ccc(N)cc2F)C1=O. The molecule has 9 heteroatoms. The molecule has 0 aliphatic carbocycles. The minimum atomic E-state index is -0.742. The van der Waals surface area contributed by atoms with Crippen LogP contribution in [-0.2, 0) is 16.0 Å². The molecule has 0 radical (unpaired) electrons. The summed E-state index contributed by atoms with van der Waals surface area (Å²) < 4.78 is 36.8. The molecule has 184 valence electrons. The van der Waals surface area contributed by atoms with Gasteiger partial charge in [-0.2, -0.15) is 5.10 Å². The average Bonchev–Trinajstić information content (AvgIpc) is 3.41. The van der Waals surface area contributed by atoms with Crippen molar-refractivity contribution in [3.05, 3.63) is 100 Å². The summed E-state index contributed by atoms with van der Waals surface area (Å²) in [5.41, 5.74) is 9.17. The molecule has 36 heavy (non-hydrogen) atoms. The summed E-state index contributed by atoms with van der Waals surface area (Å²) in [5.74, 6) is -0.972. The first kappa shape index (κ1) is 24.1. The Labute approximate surface area is 215 Å². The lowest BCUT2D eigenvalue weighted by molar-refractivity contribution is -0.130. The van der Waals surface area contributed by atoms with Crippen molar-refractivity contribution in [1.82, 2.24) is 14.7 Å². The molecule has 1 aliphatic rings. The summed E-state index contributed by atoms with van der Waals surface area (Å²) in [6.07, 6.45) is 0.684. The van der Waals surface area contributed by atoms with Crippen molar-refractivity contribution in [3.8, 4) is 16.9 Å². The molecule has 3 aromatic carbocycles. The first-order valence-electron chi connectivity index (χ1n) is 11.4. The Morgan fingerprint density at radius 1 is 1.06 bits per heavy atom. The molecule has 1 aromatic heterocycles. The molecular weight excluding hydrogens is 530 g/mol. The lowest BCUT2D eigenvalue weighted by Crippen LogP contribution is -2.32. The van der Waals surface area contributed by atoms with Gasteiger partial charge in [-0.25, -0.2) is 13.5 Å². The Balaban J connectivity index is 1.53. The largest absolute Gasteiger partial charge is 0.399 e. The third-order valence-electron chi connectivity index (χ3n) is 6.16. The molecule has 5 rings (SSSR count). The van der Waals surface area contributed by atoms with Crippen LogP contribution in [0.4, 0.5) is 14.5 Å². The van der Waals surface area contributed by atoms with E-state index in [0.717, 1.165) is 10.2 Å². The Bertz CT molecular complexity index is 1410. The predicted octanol–water partition coefficient (Wildman–Crippen LogP) is 5.65. The highest BCUT2D eigenvalue weighted by molar-refractivity contribution is 9.10. The third kappa shape index (κ3) is 4.76. The molecule has 1 saturated heterocycles. The molecule has 1 amide bonds. The third-order valence-corrected chi connectivity index (χ3v) is 6.69.